The quantitative estimate of drug-likeness (QED) is 0.353. The highest BCUT2D eigenvalue weighted by molar-refractivity contribution is 6.03. The smallest absolute Gasteiger partial charge is 0.0722 e. The lowest BCUT2D eigenvalue weighted by Crippen LogP contribution is -1.96. The third-order valence-corrected chi connectivity index (χ3v) is 4.85. The van der Waals surface area contributed by atoms with Crippen molar-refractivity contribution in [1.29, 1.82) is 0 Å². The molecule has 0 atom stereocenters. The highest BCUT2D eigenvalue weighted by atomic mass is 16.5. The zero-order valence-electron chi connectivity index (χ0n) is 17.3. The van der Waals surface area contributed by atoms with Gasteiger partial charge in [-0.15, -0.1) is 0 Å². The summed E-state index contributed by atoms with van der Waals surface area (Å²) in [4.78, 5) is 0. The molecule has 0 aromatic heterocycles. The maximum absolute atomic E-state index is 5.31. The Balaban J connectivity index is 0.000000177. The lowest BCUT2D eigenvalue weighted by molar-refractivity contribution is 0.134. The van der Waals surface area contributed by atoms with Crippen LogP contribution in [0.15, 0.2) is 85.4 Å². The van der Waals surface area contributed by atoms with E-state index in [1.54, 1.807) is 0 Å². The van der Waals surface area contributed by atoms with Crippen molar-refractivity contribution in [2.45, 2.75) is 20.5 Å². The summed E-state index contributed by atoms with van der Waals surface area (Å²) >= 11 is 0. The van der Waals surface area contributed by atoms with Crippen LogP contribution in [0.4, 0.5) is 5.69 Å². The van der Waals surface area contributed by atoms with Crippen LogP contribution < -0.4 is 5.32 Å². The predicted octanol–water partition coefficient (Wildman–Crippen LogP) is 7.29. The first kappa shape index (κ1) is 20.6. The minimum Gasteiger partial charge on any atom is -0.385 e. The SMILES string of the molecule is C=Cc1ccccc1COCC.CCNc1cccc2cc3ccccc3cc12. The molecule has 0 unspecified atom stereocenters. The summed E-state index contributed by atoms with van der Waals surface area (Å²) in [5, 5.41) is 8.60. The Kier molecular flexibility index (Phi) is 7.43. The van der Waals surface area contributed by atoms with Crippen molar-refractivity contribution in [3.05, 3.63) is 96.6 Å². The average Bonchev–Trinajstić information content (AvgIpc) is 2.77. The summed E-state index contributed by atoms with van der Waals surface area (Å²) in [6.07, 6.45) is 1.86. The number of benzene rings is 4. The molecule has 0 aliphatic carbocycles. The summed E-state index contributed by atoms with van der Waals surface area (Å²) in [7, 11) is 0. The Morgan fingerprint density at radius 1 is 0.828 bits per heavy atom. The molecule has 0 saturated carbocycles. The molecule has 0 fully saturated rings. The minimum absolute atomic E-state index is 0.679. The molecular weight excluding hydrogens is 354 g/mol. The maximum Gasteiger partial charge on any atom is 0.0722 e. The van der Waals surface area contributed by atoms with E-state index >= 15 is 0 Å². The molecule has 0 bridgehead atoms. The van der Waals surface area contributed by atoms with Crippen molar-refractivity contribution in [2.75, 3.05) is 18.5 Å². The van der Waals surface area contributed by atoms with Gasteiger partial charge < -0.3 is 10.1 Å². The first-order valence-electron chi connectivity index (χ1n) is 10.2. The normalized spacial score (nSPS) is 10.4. The van der Waals surface area contributed by atoms with Gasteiger partial charge in [-0.2, -0.15) is 0 Å². The van der Waals surface area contributed by atoms with Gasteiger partial charge in [0.05, 0.1) is 6.61 Å². The topological polar surface area (TPSA) is 21.3 Å². The van der Waals surface area contributed by atoms with Crippen molar-refractivity contribution in [3.63, 3.8) is 0 Å². The summed E-state index contributed by atoms with van der Waals surface area (Å²) in [6, 6.07) is 27.6. The highest BCUT2D eigenvalue weighted by Gasteiger charge is 2.01. The van der Waals surface area contributed by atoms with Gasteiger partial charge in [-0.05, 0) is 59.3 Å². The van der Waals surface area contributed by atoms with Crippen LogP contribution in [0, 0.1) is 0 Å². The molecule has 0 radical (unpaired) electrons. The molecule has 2 nitrogen and oxygen atoms in total. The van der Waals surface area contributed by atoms with Gasteiger partial charge in [0.2, 0.25) is 0 Å². The Morgan fingerprint density at radius 2 is 1.52 bits per heavy atom. The van der Waals surface area contributed by atoms with Gasteiger partial charge in [0.1, 0.15) is 0 Å². The maximum atomic E-state index is 5.31. The van der Waals surface area contributed by atoms with E-state index in [0.29, 0.717) is 6.61 Å². The van der Waals surface area contributed by atoms with Gasteiger partial charge in [-0.3, -0.25) is 0 Å². The van der Waals surface area contributed by atoms with Crippen LogP contribution >= 0.6 is 0 Å². The van der Waals surface area contributed by atoms with E-state index in [1.165, 1.54) is 32.8 Å². The molecule has 0 saturated heterocycles. The lowest BCUT2D eigenvalue weighted by atomic mass is 10.0. The summed E-state index contributed by atoms with van der Waals surface area (Å²) in [6.45, 7) is 10.3. The van der Waals surface area contributed by atoms with Gasteiger partial charge >= 0.3 is 0 Å². The molecule has 1 N–H and O–H groups in total. The zero-order chi connectivity index (χ0) is 20.5. The molecule has 0 aliphatic rings. The van der Waals surface area contributed by atoms with Gasteiger partial charge in [0.25, 0.3) is 0 Å². The first-order chi connectivity index (χ1) is 14.3. The van der Waals surface area contributed by atoms with E-state index in [0.717, 1.165) is 18.7 Å². The van der Waals surface area contributed by atoms with E-state index in [1.807, 2.05) is 31.2 Å². The number of nitrogens with one attached hydrogen (secondary N) is 1. The van der Waals surface area contributed by atoms with E-state index in [2.05, 4.69) is 79.5 Å². The Bertz CT molecular complexity index is 1080. The Labute approximate surface area is 173 Å². The van der Waals surface area contributed by atoms with Crippen LogP contribution in [0.1, 0.15) is 25.0 Å². The second-order valence-electron chi connectivity index (χ2n) is 6.80. The zero-order valence-corrected chi connectivity index (χ0v) is 17.3. The summed E-state index contributed by atoms with van der Waals surface area (Å²) < 4.78 is 5.31. The number of anilines is 1. The largest absolute Gasteiger partial charge is 0.385 e. The van der Waals surface area contributed by atoms with E-state index in [9.17, 15) is 0 Å². The van der Waals surface area contributed by atoms with Gasteiger partial charge in [-0.25, -0.2) is 0 Å². The van der Waals surface area contributed by atoms with E-state index in [-0.39, 0.29) is 0 Å². The number of ether oxygens (including phenoxy) is 1. The third kappa shape index (κ3) is 5.24. The van der Waals surface area contributed by atoms with Crippen molar-refractivity contribution in [1.82, 2.24) is 0 Å². The predicted molar refractivity (Wildman–Crippen MR) is 127 cm³/mol. The van der Waals surface area contributed by atoms with Crippen LogP contribution in [0.2, 0.25) is 0 Å². The van der Waals surface area contributed by atoms with E-state index in [4.69, 9.17) is 4.74 Å². The fourth-order valence-corrected chi connectivity index (χ4v) is 3.39. The fourth-order valence-electron chi connectivity index (χ4n) is 3.39. The minimum atomic E-state index is 0.679. The molecular formula is C27H29NO. The van der Waals surface area contributed by atoms with Crippen LogP contribution in [-0.4, -0.2) is 13.2 Å². The van der Waals surface area contributed by atoms with Crippen LogP contribution in [0.5, 0.6) is 0 Å². The van der Waals surface area contributed by atoms with E-state index < -0.39 is 0 Å². The first-order valence-corrected chi connectivity index (χ1v) is 10.2. The van der Waals surface area contributed by atoms with Crippen molar-refractivity contribution < 1.29 is 4.74 Å². The van der Waals surface area contributed by atoms with Crippen molar-refractivity contribution in [2.24, 2.45) is 0 Å². The van der Waals surface area contributed by atoms with Crippen LogP contribution in [0.25, 0.3) is 27.6 Å². The van der Waals surface area contributed by atoms with Crippen molar-refractivity contribution >= 4 is 33.3 Å². The highest BCUT2D eigenvalue weighted by Crippen LogP contribution is 2.28. The monoisotopic (exact) mass is 383 g/mol. The molecule has 4 aromatic rings. The molecule has 0 spiro atoms. The summed E-state index contributed by atoms with van der Waals surface area (Å²) in [5.41, 5.74) is 3.58. The molecule has 148 valence electrons. The number of hydrogen-bond donors (Lipinski definition) is 1. The lowest BCUT2D eigenvalue weighted by Gasteiger charge is -2.09. The molecule has 4 aromatic carbocycles. The second kappa shape index (κ2) is 10.4. The van der Waals surface area contributed by atoms with Gasteiger partial charge in [-0.1, -0.05) is 73.3 Å². The van der Waals surface area contributed by atoms with Crippen LogP contribution in [-0.2, 0) is 11.3 Å². The Morgan fingerprint density at radius 3 is 2.24 bits per heavy atom. The fraction of sp³-hybridized carbons (Fsp3) is 0.185. The number of fused-ring (bicyclic) bond motifs is 2. The molecule has 0 aliphatic heterocycles. The molecule has 0 heterocycles. The Hall–Kier alpha value is -3.10. The third-order valence-electron chi connectivity index (χ3n) is 4.85. The summed E-state index contributed by atoms with van der Waals surface area (Å²) in [5.74, 6) is 0. The van der Waals surface area contributed by atoms with Gasteiger partial charge in [0.15, 0.2) is 0 Å². The standard InChI is InChI=1S/C16H15N.C11H14O/c1-2-17-16-9-5-8-14-10-12-6-3-4-7-13(12)11-15(14)16;1-3-10-7-5-6-8-11(10)9-12-4-2/h3-11,17H,2H2,1H3;3,5-8H,1,4,9H2,2H3. The molecule has 0 amide bonds. The van der Waals surface area contributed by atoms with Crippen molar-refractivity contribution in [3.8, 4) is 0 Å². The second-order valence-corrected chi connectivity index (χ2v) is 6.80. The van der Waals surface area contributed by atoms with Gasteiger partial charge in [0, 0.05) is 24.2 Å². The molecule has 2 heteroatoms. The number of rotatable bonds is 6. The van der Waals surface area contributed by atoms with Crippen LogP contribution in [0.3, 0.4) is 0 Å². The molecule has 4 rings (SSSR count). The number of hydrogen-bond acceptors (Lipinski definition) is 2. The average molecular weight is 384 g/mol. The molecule has 29 heavy (non-hydrogen) atoms.